The van der Waals surface area contributed by atoms with Crippen molar-refractivity contribution in [3.05, 3.63) is 29.6 Å². The third-order valence-corrected chi connectivity index (χ3v) is 4.84. The van der Waals surface area contributed by atoms with E-state index in [0.717, 1.165) is 33.9 Å². The van der Waals surface area contributed by atoms with Gasteiger partial charge in [-0.2, -0.15) is 0 Å². The Hall–Kier alpha value is -2.80. The third kappa shape index (κ3) is 3.30. The van der Waals surface area contributed by atoms with Crippen LogP contribution in [0, 0.1) is 0 Å². The minimum absolute atomic E-state index is 0.0705. The van der Waals surface area contributed by atoms with Gasteiger partial charge in [0.15, 0.2) is 11.5 Å². The topological polar surface area (TPSA) is 79.5 Å². The van der Waals surface area contributed by atoms with Gasteiger partial charge in [0.2, 0.25) is 0 Å². The van der Waals surface area contributed by atoms with Gasteiger partial charge in [-0.3, -0.25) is 4.79 Å². The molecule has 1 aromatic carbocycles. The van der Waals surface area contributed by atoms with Gasteiger partial charge in [0, 0.05) is 37.0 Å². The summed E-state index contributed by atoms with van der Waals surface area (Å²) >= 11 is 0. The molecule has 7 nitrogen and oxygen atoms in total. The number of pyridine rings is 1. The van der Waals surface area contributed by atoms with Gasteiger partial charge in [0.25, 0.3) is 5.91 Å². The van der Waals surface area contributed by atoms with E-state index in [0.29, 0.717) is 30.2 Å². The maximum Gasteiger partial charge on any atom is 0.272 e. The summed E-state index contributed by atoms with van der Waals surface area (Å²) in [5.41, 5.74) is 3.26. The molecule has 0 unspecified atom stereocenters. The normalized spacial score (nSPS) is 11.1. The molecule has 0 fully saturated rings. The molecule has 3 rings (SSSR count). The number of ether oxygens (including phenoxy) is 2. The fraction of sp³-hybridized carbons (Fsp3) is 0.400. The standard InChI is InChI=1S/C20H26N4O3/c1-6-12-18-13-9-16(26-4)17(27-5)10-14(13)23-15(18)11-22-19(12)20(25)24(3)8-7-21-2/h9-11,21,23H,6-8H2,1-5H3. The molecule has 0 atom stereocenters. The van der Waals surface area contributed by atoms with Gasteiger partial charge in [-0.25, -0.2) is 4.98 Å². The molecule has 3 aromatic rings. The molecule has 0 aliphatic heterocycles. The Balaban J connectivity index is 2.20. The van der Waals surface area contributed by atoms with E-state index in [1.807, 2.05) is 26.1 Å². The molecule has 2 heterocycles. The molecule has 2 N–H and O–H groups in total. The summed E-state index contributed by atoms with van der Waals surface area (Å²) in [5, 5.41) is 5.06. The molecule has 0 radical (unpaired) electrons. The van der Waals surface area contributed by atoms with Crippen LogP contribution in [0.3, 0.4) is 0 Å². The number of aromatic nitrogens is 2. The van der Waals surface area contributed by atoms with Crippen molar-refractivity contribution in [1.29, 1.82) is 0 Å². The Bertz CT molecular complexity index is 980. The van der Waals surface area contributed by atoms with E-state index in [9.17, 15) is 4.79 Å². The number of carbonyl (C=O) groups excluding carboxylic acids is 1. The fourth-order valence-electron chi connectivity index (χ4n) is 3.38. The quantitative estimate of drug-likeness (QED) is 0.668. The molecule has 2 aromatic heterocycles. The number of nitrogens with zero attached hydrogens (tertiary/aromatic N) is 2. The van der Waals surface area contributed by atoms with Crippen LogP contribution in [0.4, 0.5) is 0 Å². The highest BCUT2D eigenvalue weighted by atomic mass is 16.5. The number of carbonyl (C=O) groups is 1. The molecule has 7 heteroatoms. The number of rotatable bonds is 7. The number of H-pyrrole nitrogens is 1. The molecular formula is C20H26N4O3. The van der Waals surface area contributed by atoms with Crippen molar-refractivity contribution in [1.82, 2.24) is 20.2 Å². The second kappa shape index (κ2) is 7.84. The van der Waals surface area contributed by atoms with Gasteiger partial charge >= 0.3 is 0 Å². The summed E-state index contributed by atoms with van der Waals surface area (Å²) < 4.78 is 10.9. The molecular weight excluding hydrogens is 344 g/mol. The van der Waals surface area contributed by atoms with Gasteiger partial charge in [-0.05, 0) is 25.1 Å². The molecule has 0 saturated carbocycles. The number of aryl methyl sites for hydroxylation is 1. The maximum atomic E-state index is 12.9. The number of nitrogens with one attached hydrogen (secondary N) is 2. The Labute approximate surface area is 158 Å². The zero-order valence-corrected chi connectivity index (χ0v) is 16.5. The second-order valence-electron chi connectivity index (χ2n) is 6.44. The van der Waals surface area contributed by atoms with Crippen LogP contribution in [-0.2, 0) is 6.42 Å². The highest BCUT2D eigenvalue weighted by Gasteiger charge is 2.21. The van der Waals surface area contributed by atoms with Crippen molar-refractivity contribution in [2.45, 2.75) is 13.3 Å². The Kier molecular flexibility index (Phi) is 5.51. The summed E-state index contributed by atoms with van der Waals surface area (Å²) in [7, 11) is 6.90. The number of benzene rings is 1. The molecule has 144 valence electrons. The number of amides is 1. The number of aromatic amines is 1. The first kappa shape index (κ1) is 19.0. The Morgan fingerprint density at radius 2 is 1.93 bits per heavy atom. The van der Waals surface area contributed by atoms with E-state index < -0.39 is 0 Å². The summed E-state index contributed by atoms with van der Waals surface area (Å²) in [4.78, 5) is 22.5. The van der Waals surface area contributed by atoms with E-state index in [1.165, 1.54) is 0 Å². The lowest BCUT2D eigenvalue weighted by molar-refractivity contribution is 0.0790. The van der Waals surface area contributed by atoms with E-state index in [2.05, 4.69) is 15.3 Å². The van der Waals surface area contributed by atoms with Crippen LogP contribution in [0.25, 0.3) is 21.8 Å². The minimum Gasteiger partial charge on any atom is -0.493 e. The summed E-state index contributed by atoms with van der Waals surface area (Å²) in [6.45, 7) is 3.40. The first-order chi connectivity index (χ1) is 13.0. The van der Waals surface area contributed by atoms with Crippen molar-refractivity contribution in [3.8, 4) is 11.5 Å². The van der Waals surface area contributed by atoms with Crippen molar-refractivity contribution in [3.63, 3.8) is 0 Å². The first-order valence-electron chi connectivity index (χ1n) is 9.01. The molecule has 1 amide bonds. The van der Waals surface area contributed by atoms with E-state index in [-0.39, 0.29) is 5.91 Å². The molecule has 0 bridgehead atoms. The van der Waals surface area contributed by atoms with Crippen LogP contribution in [0.2, 0.25) is 0 Å². The number of hydrogen-bond donors (Lipinski definition) is 2. The second-order valence-corrected chi connectivity index (χ2v) is 6.44. The van der Waals surface area contributed by atoms with Crippen LogP contribution < -0.4 is 14.8 Å². The zero-order chi connectivity index (χ0) is 19.6. The number of hydrogen-bond acceptors (Lipinski definition) is 5. The monoisotopic (exact) mass is 370 g/mol. The third-order valence-electron chi connectivity index (χ3n) is 4.84. The van der Waals surface area contributed by atoms with Crippen LogP contribution in [0.15, 0.2) is 18.3 Å². The van der Waals surface area contributed by atoms with Gasteiger partial charge in [0.1, 0.15) is 5.69 Å². The van der Waals surface area contributed by atoms with Crippen molar-refractivity contribution < 1.29 is 14.3 Å². The summed E-state index contributed by atoms with van der Waals surface area (Å²) in [5.74, 6) is 1.24. The molecule has 0 spiro atoms. The van der Waals surface area contributed by atoms with Crippen LogP contribution >= 0.6 is 0 Å². The number of fused-ring (bicyclic) bond motifs is 3. The summed E-state index contributed by atoms with van der Waals surface area (Å²) in [6, 6.07) is 3.86. The predicted octanol–water partition coefficient (Wildman–Crippen LogP) is 2.59. The SMILES string of the molecule is CCc1c(C(=O)N(C)CCNC)ncc2[nH]c3cc(OC)c(OC)cc3c12. The fourth-order valence-corrected chi connectivity index (χ4v) is 3.38. The number of likely N-dealkylation sites (N-methyl/N-ethyl adjacent to an activating group) is 2. The van der Waals surface area contributed by atoms with E-state index in [1.54, 1.807) is 32.4 Å². The van der Waals surface area contributed by atoms with Crippen LogP contribution in [-0.4, -0.2) is 62.2 Å². The smallest absolute Gasteiger partial charge is 0.272 e. The Morgan fingerprint density at radius 1 is 1.22 bits per heavy atom. The molecule has 0 aliphatic carbocycles. The lowest BCUT2D eigenvalue weighted by Crippen LogP contribution is -2.33. The maximum absolute atomic E-state index is 12.9. The average Bonchev–Trinajstić information content (AvgIpc) is 3.06. The van der Waals surface area contributed by atoms with Crippen LogP contribution in [0.1, 0.15) is 23.0 Å². The highest BCUT2D eigenvalue weighted by Crippen LogP contribution is 2.37. The predicted molar refractivity (Wildman–Crippen MR) is 107 cm³/mol. The van der Waals surface area contributed by atoms with E-state index in [4.69, 9.17) is 9.47 Å². The first-order valence-corrected chi connectivity index (χ1v) is 9.01. The summed E-state index contributed by atoms with van der Waals surface area (Å²) in [6.07, 6.45) is 2.43. The lowest BCUT2D eigenvalue weighted by Gasteiger charge is -2.18. The van der Waals surface area contributed by atoms with Gasteiger partial charge in [-0.1, -0.05) is 6.92 Å². The van der Waals surface area contributed by atoms with E-state index >= 15 is 0 Å². The molecule has 0 aliphatic rings. The zero-order valence-electron chi connectivity index (χ0n) is 16.5. The highest BCUT2D eigenvalue weighted by molar-refractivity contribution is 6.12. The van der Waals surface area contributed by atoms with Gasteiger partial charge < -0.3 is 24.7 Å². The van der Waals surface area contributed by atoms with Crippen molar-refractivity contribution >= 4 is 27.7 Å². The molecule has 0 saturated heterocycles. The lowest BCUT2D eigenvalue weighted by atomic mass is 10.0. The van der Waals surface area contributed by atoms with Crippen molar-refractivity contribution in [2.24, 2.45) is 0 Å². The molecule has 27 heavy (non-hydrogen) atoms. The van der Waals surface area contributed by atoms with Gasteiger partial charge in [0.05, 0.1) is 31.4 Å². The largest absolute Gasteiger partial charge is 0.493 e. The van der Waals surface area contributed by atoms with Gasteiger partial charge in [-0.15, -0.1) is 0 Å². The van der Waals surface area contributed by atoms with Crippen LogP contribution in [0.5, 0.6) is 11.5 Å². The van der Waals surface area contributed by atoms with Crippen molar-refractivity contribution in [2.75, 3.05) is 41.4 Å². The average molecular weight is 370 g/mol. The Morgan fingerprint density at radius 3 is 2.56 bits per heavy atom. The number of methoxy groups -OCH3 is 2. The minimum atomic E-state index is -0.0705.